The van der Waals surface area contributed by atoms with Crippen LogP contribution in [0.15, 0.2) is 23.3 Å². The summed E-state index contributed by atoms with van der Waals surface area (Å²) in [5.74, 6) is 2.36. The summed E-state index contributed by atoms with van der Waals surface area (Å²) in [4.78, 5) is 35.0. The Balaban J connectivity index is 1.39. The molecule has 0 unspecified atom stereocenters. The molecule has 0 saturated carbocycles. The van der Waals surface area contributed by atoms with Gasteiger partial charge in [-0.2, -0.15) is 4.98 Å². The second-order valence-electron chi connectivity index (χ2n) is 7.64. The van der Waals surface area contributed by atoms with Gasteiger partial charge < -0.3 is 14.0 Å². The van der Waals surface area contributed by atoms with Crippen molar-refractivity contribution in [2.75, 3.05) is 13.1 Å². The molecule has 1 atom stereocenters. The van der Waals surface area contributed by atoms with Crippen molar-refractivity contribution < 1.29 is 4.79 Å². The number of nitrogens with zero attached hydrogens (tertiary/aromatic N) is 5. The number of aromatic nitrogens is 4. The predicted molar refractivity (Wildman–Crippen MR) is 102 cm³/mol. The van der Waals surface area contributed by atoms with Crippen molar-refractivity contribution in [3.63, 3.8) is 0 Å². The summed E-state index contributed by atoms with van der Waals surface area (Å²) >= 11 is 0. The monoisotopic (exact) mass is 369 g/mol. The number of aryl methyl sites for hydroxylation is 3. The second-order valence-corrected chi connectivity index (χ2v) is 7.64. The minimum absolute atomic E-state index is 0.141. The summed E-state index contributed by atoms with van der Waals surface area (Å²) < 4.78 is 4.29. The molecule has 0 aliphatic carbocycles. The summed E-state index contributed by atoms with van der Waals surface area (Å²) in [6.07, 6.45) is 9.07. The highest BCUT2D eigenvalue weighted by molar-refractivity contribution is 5.76. The number of amides is 1. The molecule has 1 saturated heterocycles. The smallest absolute Gasteiger partial charge is 0.273 e. The van der Waals surface area contributed by atoms with Crippen LogP contribution in [-0.2, 0) is 24.3 Å². The van der Waals surface area contributed by atoms with Crippen LogP contribution in [0.3, 0.4) is 0 Å². The van der Waals surface area contributed by atoms with Crippen molar-refractivity contribution in [1.82, 2.24) is 24.0 Å². The number of hydrogen-bond acceptors (Lipinski definition) is 4. The van der Waals surface area contributed by atoms with Crippen LogP contribution in [0.1, 0.15) is 55.4 Å². The van der Waals surface area contributed by atoms with Gasteiger partial charge in [-0.25, -0.2) is 4.98 Å². The van der Waals surface area contributed by atoms with Crippen molar-refractivity contribution in [3.05, 3.63) is 46.2 Å². The van der Waals surface area contributed by atoms with Crippen molar-refractivity contribution in [1.29, 1.82) is 0 Å². The molecule has 0 bridgehead atoms. The molecule has 4 heterocycles. The largest absolute Gasteiger partial charge is 0.342 e. The van der Waals surface area contributed by atoms with E-state index in [4.69, 9.17) is 0 Å². The maximum Gasteiger partial charge on any atom is 0.273 e. The fourth-order valence-electron chi connectivity index (χ4n) is 4.40. The van der Waals surface area contributed by atoms with Crippen molar-refractivity contribution in [2.24, 2.45) is 0 Å². The maximum atomic E-state index is 12.7. The van der Waals surface area contributed by atoms with Crippen LogP contribution in [0, 0.1) is 6.92 Å². The quantitative estimate of drug-likeness (QED) is 0.807. The molecule has 27 heavy (non-hydrogen) atoms. The first-order valence-electron chi connectivity index (χ1n) is 9.98. The Morgan fingerprint density at radius 3 is 3.00 bits per heavy atom. The highest BCUT2D eigenvalue weighted by atomic mass is 16.2. The standard InChI is InChI=1S/C20H27N5O2/c1-15-21-8-12-23(15)9-4-7-20(27)24-10-2-5-16(14-24)17-13-19(26)22-18-6-3-11-25(17)18/h8,12-13,16H,2-7,9-11,14H2,1H3/t16-/m1/s1. The SMILES string of the molecule is Cc1nccn1CCCC(=O)N1CCC[C@@H](c2cc(=O)nc3n2CCC3)C1. The number of rotatable bonds is 5. The van der Waals surface area contributed by atoms with Crippen molar-refractivity contribution in [2.45, 2.75) is 64.5 Å². The molecule has 2 aromatic heterocycles. The van der Waals surface area contributed by atoms with Gasteiger partial charge in [0.05, 0.1) is 0 Å². The number of piperidine rings is 1. The Hall–Kier alpha value is -2.44. The Morgan fingerprint density at radius 1 is 1.30 bits per heavy atom. The first-order chi connectivity index (χ1) is 13.1. The predicted octanol–water partition coefficient (Wildman–Crippen LogP) is 1.88. The zero-order chi connectivity index (χ0) is 18.8. The molecule has 144 valence electrons. The Kier molecular flexibility index (Phi) is 5.09. The molecule has 2 aliphatic heterocycles. The molecule has 2 aromatic rings. The first kappa shape index (κ1) is 17.9. The lowest BCUT2D eigenvalue weighted by atomic mass is 9.93. The van der Waals surface area contributed by atoms with E-state index in [9.17, 15) is 9.59 Å². The molecule has 2 aliphatic rings. The fraction of sp³-hybridized carbons (Fsp3) is 0.600. The number of likely N-dealkylation sites (tertiary alicyclic amines) is 1. The van der Waals surface area contributed by atoms with Gasteiger partial charge in [0, 0.05) is 69.1 Å². The third-order valence-corrected chi connectivity index (χ3v) is 5.82. The molecular formula is C20H27N5O2. The normalized spacial score (nSPS) is 19.3. The third-order valence-electron chi connectivity index (χ3n) is 5.82. The van der Waals surface area contributed by atoms with Gasteiger partial charge in [-0.15, -0.1) is 0 Å². The van der Waals surface area contributed by atoms with Gasteiger partial charge in [-0.1, -0.05) is 0 Å². The lowest BCUT2D eigenvalue weighted by Crippen LogP contribution is -2.40. The van der Waals surface area contributed by atoms with Crippen LogP contribution in [0.25, 0.3) is 0 Å². The maximum absolute atomic E-state index is 12.7. The highest BCUT2D eigenvalue weighted by Crippen LogP contribution is 2.29. The van der Waals surface area contributed by atoms with Crippen LogP contribution in [-0.4, -0.2) is 43.0 Å². The van der Waals surface area contributed by atoms with Gasteiger partial charge in [-0.05, 0) is 32.6 Å². The summed E-state index contributed by atoms with van der Waals surface area (Å²) in [6.45, 7) is 5.27. The van der Waals surface area contributed by atoms with Gasteiger partial charge in [0.25, 0.3) is 5.56 Å². The molecule has 0 radical (unpaired) electrons. The zero-order valence-corrected chi connectivity index (χ0v) is 15.9. The average molecular weight is 369 g/mol. The van der Waals surface area contributed by atoms with E-state index in [-0.39, 0.29) is 17.4 Å². The molecule has 4 rings (SSSR count). The second kappa shape index (κ2) is 7.66. The van der Waals surface area contributed by atoms with Crippen LogP contribution in [0.5, 0.6) is 0 Å². The molecule has 0 spiro atoms. The Bertz CT molecular complexity index is 885. The van der Waals surface area contributed by atoms with E-state index in [2.05, 4.69) is 19.1 Å². The van der Waals surface area contributed by atoms with Crippen LogP contribution < -0.4 is 5.56 Å². The molecule has 0 N–H and O–H groups in total. The summed E-state index contributed by atoms with van der Waals surface area (Å²) in [6, 6.07) is 1.69. The zero-order valence-electron chi connectivity index (χ0n) is 15.9. The molecule has 0 aromatic carbocycles. The van der Waals surface area contributed by atoms with Gasteiger partial charge in [0.1, 0.15) is 11.6 Å². The number of imidazole rings is 1. The number of carbonyl (C=O) groups excluding carboxylic acids is 1. The molecule has 7 heteroatoms. The first-order valence-corrected chi connectivity index (χ1v) is 9.98. The van der Waals surface area contributed by atoms with E-state index in [0.29, 0.717) is 13.0 Å². The molecule has 1 amide bonds. The Labute approximate surface area is 159 Å². The highest BCUT2D eigenvalue weighted by Gasteiger charge is 2.28. The van der Waals surface area contributed by atoms with E-state index >= 15 is 0 Å². The minimum Gasteiger partial charge on any atom is -0.342 e. The summed E-state index contributed by atoms with van der Waals surface area (Å²) in [7, 11) is 0. The van der Waals surface area contributed by atoms with E-state index in [0.717, 1.165) is 69.1 Å². The van der Waals surface area contributed by atoms with E-state index in [1.807, 2.05) is 18.0 Å². The Morgan fingerprint density at radius 2 is 2.19 bits per heavy atom. The number of carbonyl (C=O) groups is 1. The van der Waals surface area contributed by atoms with Crippen LogP contribution in [0.2, 0.25) is 0 Å². The van der Waals surface area contributed by atoms with Gasteiger partial charge >= 0.3 is 0 Å². The lowest BCUT2D eigenvalue weighted by molar-refractivity contribution is -0.132. The number of fused-ring (bicyclic) bond motifs is 1. The average Bonchev–Trinajstić information content (AvgIpc) is 3.30. The summed E-state index contributed by atoms with van der Waals surface area (Å²) in [5, 5.41) is 0. The topological polar surface area (TPSA) is 73.0 Å². The van der Waals surface area contributed by atoms with Gasteiger partial charge in [0.15, 0.2) is 0 Å². The van der Waals surface area contributed by atoms with Crippen molar-refractivity contribution in [3.8, 4) is 0 Å². The van der Waals surface area contributed by atoms with Crippen LogP contribution in [0.4, 0.5) is 0 Å². The van der Waals surface area contributed by atoms with Crippen molar-refractivity contribution >= 4 is 5.91 Å². The van der Waals surface area contributed by atoms with E-state index in [1.54, 1.807) is 12.3 Å². The molecular weight excluding hydrogens is 342 g/mol. The number of hydrogen-bond donors (Lipinski definition) is 0. The summed E-state index contributed by atoms with van der Waals surface area (Å²) in [5.41, 5.74) is 0.936. The van der Waals surface area contributed by atoms with Gasteiger partial charge in [0.2, 0.25) is 5.91 Å². The molecule has 7 nitrogen and oxygen atoms in total. The third kappa shape index (κ3) is 3.82. The fourth-order valence-corrected chi connectivity index (χ4v) is 4.40. The minimum atomic E-state index is -0.141. The lowest BCUT2D eigenvalue weighted by Gasteiger charge is -2.34. The van der Waals surface area contributed by atoms with Crippen LogP contribution >= 0.6 is 0 Å². The van der Waals surface area contributed by atoms with E-state index < -0.39 is 0 Å². The van der Waals surface area contributed by atoms with Gasteiger partial charge in [-0.3, -0.25) is 9.59 Å². The molecule has 1 fully saturated rings. The van der Waals surface area contributed by atoms with E-state index in [1.165, 1.54) is 0 Å².